The molecule has 0 heterocycles. The van der Waals surface area contributed by atoms with Gasteiger partial charge in [-0.15, -0.1) is 0 Å². The van der Waals surface area contributed by atoms with Gasteiger partial charge in [-0.2, -0.15) is 0 Å². The molecule has 17 nitrogen and oxygen atoms in total. The fourth-order valence-corrected chi connectivity index (χ4v) is 10.8. The minimum absolute atomic E-state index is 0.103. The number of unbranched alkanes of at least 4 members (excludes halogenated alkanes) is 31. The Kier molecular flexibility index (Phi) is 53.4. The van der Waals surface area contributed by atoms with Gasteiger partial charge in [0.1, 0.15) is 19.3 Å². The van der Waals surface area contributed by atoms with Gasteiger partial charge in [-0.05, 0) is 37.5 Å². The van der Waals surface area contributed by atoms with Crippen LogP contribution in [0, 0.1) is 11.8 Å². The van der Waals surface area contributed by atoms with E-state index in [1.807, 2.05) is 0 Å². The molecular weight excluding hydrogens is 1080 g/mol. The Bertz CT molecular complexity index is 1600. The number of hydrogen-bond acceptors (Lipinski definition) is 15. The number of ether oxygens (including phenoxy) is 4. The highest BCUT2D eigenvalue weighted by Gasteiger charge is 2.30. The molecule has 0 radical (unpaired) electrons. The molecule has 81 heavy (non-hydrogen) atoms. The monoisotopic (exact) mass is 1200 g/mol. The summed E-state index contributed by atoms with van der Waals surface area (Å²) in [7, 11) is -9.88. The molecule has 0 aromatic heterocycles. The van der Waals surface area contributed by atoms with Gasteiger partial charge in [0.15, 0.2) is 12.2 Å². The molecule has 0 bridgehead atoms. The second-order valence-electron chi connectivity index (χ2n) is 23.4. The van der Waals surface area contributed by atoms with Crippen molar-refractivity contribution in [1.82, 2.24) is 0 Å². The van der Waals surface area contributed by atoms with E-state index < -0.39 is 97.5 Å². The van der Waals surface area contributed by atoms with Gasteiger partial charge in [-0.25, -0.2) is 9.13 Å². The minimum atomic E-state index is -4.94. The first-order chi connectivity index (χ1) is 38.9. The molecule has 0 saturated carbocycles. The molecule has 0 aromatic rings. The van der Waals surface area contributed by atoms with Crippen molar-refractivity contribution >= 4 is 39.5 Å². The van der Waals surface area contributed by atoms with E-state index in [1.54, 1.807) is 0 Å². The predicted molar refractivity (Wildman–Crippen MR) is 321 cm³/mol. The highest BCUT2D eigenvalue weighted by Crippen LogP contribution is 2.45. The summed E-state index contributed by atoms with van der Waals surface area (Å²) in [5.41, 5.74) is 0. The van der Waals surface area contributed by atoms with Crippen LogP contribution < -0.4 is 0 Å². The topological polar surface area (TPSA) is 237 Å². The van der Waals surface area contributed by atoms with Crippen LogP contribution in [-0.2, 0) is 65.4 Å². The number of esters is 4. The molecule has 0 fully saturated rings. The van der Waals surface area contributed by atoms with E-state index in [0.29, 0.717) is 37.5 Å². The summed E-state index contributed by atoms with van der Waals surface area (Å²) in [6.45, 7) is 9.32. The van der Waals surface area contributed by atoms with Gasteiger partial charge in [0.2, 0.25) is 0 Å². The predicted octanol–water partition coefficient (Wildman–Crippen LogP) is 16.9. The lowest BCUT2D eigenvalue weighted by atomic mass is 10.0. The molecule has 19 heteroatoms. The summed E-state index contributed by atoms with van der Waals surface area (Å²) < 4.78 is 67.8. The minimum Gasteiger partial charge on any atom is -0.462 e. The van der Waals surface area contributed by atoms with Crippen molar-refractivity contribution < 1.29 is 80.2 Å². The molecule has 480 valence electrons. The number of rotatable bonds is 61. The second-order valence-corrected chi connectivity index (χ2v) is 26.3. The van der Waals surface area contributed by atoms with Crippen LogP contribution in [0.4, 0.5) is 0 Å². The average molecular weight is 1200 g/mol. The van der Waals surface area contributed by atoms with Crippen LogP contribution >= 0.6 is 15.6 Å². The maximum Gasteiger partial charge on any atom is 0.472 e. The first-order valence-electron chi connectivity index (χ1n) is 32.5. The summed E-state index contributed by atoms with van der Waals surface area (Å²) in [6, 6.07) is 0. The summed E-state index contributed by atoms with van der Waals surface area (Å²) in [4.78, 5) is 72.0. The number of aliphatic hydroxyl groups excluding tert-OH is 1. The number of phosphoric acid groups is 2. The standard InChI is InChI=1S/C62H120O17P2/c1-7-9-11-13-15-16-17-18-19-20-21-27-34-40-46-61(66)78-58(51-73-60(65)45-39-33-28-22-25-30-36-42-54(3)4)53-77-81(70,71)75-49-56(63)48-74-80(68,69)76-52-57(50-72-59(64)44-38-32-24-14-12-10-8-2)79-62(67)47-41-35-29-23-26-31-37-43-55(5)6/h54-58,63H,7-53H2,1-6H3,(H,68,69)(H,70,71)/t56-,57+,58+/m0/s1. The molecular formula is C62H120O17P2. The molecule has 5 atom stereocenters. The van der Waals surface area contributed by atoms with Gasteiger partial charge in [0, 0.05) is 25.7 Å². The van der Waals surface area contributed by atoms with Gasteiger partial charge >= 0.3 is 39.5 Å². The first kappa shape index (κ1) is 79.1. The molecule has 0 aliphatic rings. The highest BCUT2D eigenvalue weighted by atomic mass is 31.2. The first-order valence-corrected chi connectivity index (χ1v) is 35.5. The maximum atomic E-state index is 12.9. The number of aliphatic hydroxyl groups is 1. The Morgan fingerprint density at radius 3 is 0.840 bits per heavy atom. The summed E-state index contributed by atoms with van der Waals surface area (Å²) in [5, 5.41) is 10.5. The summed E-state index contributed by atoms with van der Waals surface area (Å²) >= 11 is 0. The van der Waals surface area contributed by atoms with E-state index in [2.05, 4.69) is 41.5 Å². The Labute approximate surface area is 492 Å². The largest absolute Gasteiger partial charge is 0.472 e. The molecule has 2 unspecified atom stereocenters. The van der Waals surface area contributed by atoms with Gasteiger partial charge in [0.25, 0.3) is 0 Å². The van der Waals surface area contributed by atoms with E-state index in [1.165, 1.54) is 103 Å². The van der Waals surface area contributed by atoms with Crippen LogP contribution in [0.5, 0.6) is 0 Å². The second kappa shape index (κ2) is 54.7. The van der Waals surface area contributed by atoms with Crippen LogP contribution in [0.25, 0.3) is 0 Å². The number of carbonyl (C=O) groups excluding carboxylic acids is 4. The lowest BCUT2D eigenvalue weighted by Gasteiger charge is -2.21. The molecule has 0 aromatic carbocycles. The third-order valence-corrected chi connectivity index (χ3v) is 16.1. The van der Waals surface area contributed by atoms with Gasteiger partial charge in [-0.1, -0.05) is 253 Å². The van der Waals surface area contributed by atoms with E-state index in [9.17, 15) is 43.2 Å². The molecule has 3 N–H and O–H groups in total. The summed E-state index contributed by atoms with van der Waals surface area (Å²) in [5.74, 6) is -0.741. The normalized spacial score (nSPS) is 14.4. The molecule has 0 rings (SSSR count). The smallest absolute Gasteiger partial charge is 0.462 e. The van der Waals surface area contributed by atoms with Crippen LogP contribution in [0.15, 0.2) is 0 Å². The zero-order chi connectivity index (χ0) is 60.1. The third kappa shape index (κ3) is 56.9. The zero-order valence-electron chi connectivity index (χ0n) is 52.1. The highest BCUT2D eigenvalue weighted by molar-refractivity contribution is 7.47. The van der Waals surface area contributed by atoms with Crippen molar-refractivity contribution in [2.45, 2.75) is 323 Å². The van der Waals surface area contributed by atoms with E-state index in [-0.39, 0.29) is 25.7 Å². The molecule has 0 spiro atoms. The molecule has 0 aliphatic heterocycles. The fraction of sp³-hybridized carbons (Fsp3) is 0.935. The Morgan fingerprint density at radius 2 is 0.568 bits per heavy atom. The fourth-order valence-electron chi connectivity index (χ4n) is 9.18. The summed E-state index contributed by atoms with van der Waals surface area (Å²) in [6.07, 6.45) is 36.5. The van der Waals surface area contributed by atoms with Gasteiger partial charge in [-0.3, -0.25) is 37.3 Å². The Hall–Kier alpha value is -1.94. The Morgan fingerprint density at radius 1 is 0.333 bits per heavy atom. The van der Waals surface area contributed by atoms with Crippen molar-refractivity contribution in [2.75, 3.05) is 39.6 Å². The van der Waals surface area contributed by atoms with E-state index in [0.717, 1.165) is 109 Å². The molecule has 0 amide bonds. The lowest BCUT2D eigenvalue weighted by Crippen LogP contribution is -2.30. The van der Waals surface area contributed by atoms with Gasteiger partial charge in [0.05, 0.1) is 26.4 Å². The van der Waals surface area contributed by atoms with Crippen molar-refractivity contribution in [2.24, 2.45) is 11.8 Å². The van der Waals surface area contributed by atoms with Crippen LogP contribution in [-0.4, -0.2) is 96.7 Å². The molecule has 0 aliphatic carbocycles. The zero-order valence-corrected chi connectivity index (χ0v) is 53.9. The van der Waals surface area contributed by atoms with Crippen molar-refractivity contribution in [3.63, 3.8) is 0 Å². The average Bonchev–Trinajstić information content (AvgIpc) is 3.42. The molecule has 0 saturated heterocycles. The van der Waals surface area contributed by atoms with Crippen molar-refractivity contribution in [3.8, 4) is 0 Å². The number of phosphoric ester groups is 2. The van der Waals surface area contributed by atoms with Crippen LogP contribution in [0.1, 0.15) is 305 Å². The van der Waals surface area contributed by atoms with Crippen LogP contribution in [0.3, 0.4) is 0 Å². The lowest BCUT2D eigenvalue weighted by molar-refractivity contribution is -0.161. The van der Waals surface area contributed by atoms with Gasteiger partial charge < -0.3 is 33.8 Å². The quantitative estimate of drug-likeness (QED) is 0.0222. The SMILES string of the molecule is CCCCCCCCCCCCCCCCC(=O)O[C@H](COC(=O)CCCCCCCCCC(C)C)COP(=O)(O)OC[C@@H](O)COP(=O)(O)OC[C@@H](COC(=O)CCCCCCCCC)OC(=O)CCCCCCCCCC(C)C. The van der Waals surface area contributed by atoms with Crippen molar-refractivity contribution in [3.05, 3.63) is 0 Å². The maximum absolute atomic E-state index is 12.9. The number of carbonyl (C=O) groups is 4. The number of hydrogen-bond donors (Lipinski definition) is 3. The third-order valence-electron chi connectivity index (χ3n) is 14.2. The van der Waals surface area contributed by atoms with Crippen molar-refractivity contribution in [1.29, 1.82) is 0 Å². The van der Waals surface area contributed by atoms with E-state index in [4.69, 9.17) is 37.0 Å². The van der Waals surface area contributed by atoms with Crippen LogP contribution in [0.2, 0.25) is 0 Å². The Balaban J connectivity index is 5.21. The van der Waals surface area contributed by atoms with E-state index >= 15 is 0 Å².